The van der Waals surface area contributed by atoms with Gasteiger partial charge in [0, 0.05) is 51.6 Å². The Hall–Kier alpha value is -3.09. The molecule has 0 N–H and O–H groups in total. The first-order valence-electron chi connectivity index (χ1n) is 12.9. The third-order valence-electron chi connectivity index (χ3n) is 6.32. The number of hydrogen-bond acceptors (Lipinski definition) is 10. The maximum atomic E-state index is 14.8. The van der Waals surface area contributed by atoms with Crippen LogP contribution in [-0.2, 0) is 20.7 Å². The number of halogens is 2. The van der Waals surface area contributed by atoms with Gasteiger partial charge >= 0.3 is 6.16 Å². The molecule has 0 atom stereocenters. The third-order valence-corrected chi connectivity index (χ3v) is 6.32. The van der Waals surface area contributed by atoms with Crippen LogP contribution in [0.5, 0.6) is 17.5 Å². The van der Waals surface area contributed by atoms with Crippen LogP contribution in [0.3, 0.4) is 0 Å². The molecule has 2 saturated heterocycles. The first-order valence-corrected chi connectivity index (χ1v) is 12.9. The molecule has 2 aliphatic rings. The van der Waals surface area contributed by atoms with Crippen LogP contribution >= 0.6 is 0 Å². The third kappa shape index (κ3) is 7.71. The van der Waals surface area contributed by atoms with Crippen LogP contribution in [0.15, 0.2) is 18.5 Å². The number of rotatable bonds is 9. The Kier molecular flexibility index (Phi) is 9.64. The van der Waals surface area contributed by atoms with E-state index in [1.54, 1.807) is 20.8 Å². The number of carbonyl (C=O) groups is 1. The zero-order valence-corrected chi connectivity index (χ0v) is 22.0. The van der Waals surface area contributed by atoms with Crippen molar-refractivity contribution in [2.45, 2.75) is 52.2 Å². The summed E-state index contributed by atoms with van der Waals surface area (Å²) in [5.74, 6) is -1.11. The van der Waals surface area contributed by atoms with Crippen molar-refractivity contribution in [3.8, 4) is 17.5 Å². The summed E-state index contributed by atoms with van der Waals surface area (Å²) in [5, 5.41) is 1.54. The van der Waals surface area contributed by atoms with Crippen LogP contribution < -0.4 is 9.47 Å². The van der Waals surface area contributed by atoms with Gasteiger partial charge < -0.3 is 23.8 Å². The molecular formula is C26H34F2N4O6. The van der Waals surface area contributed by atoms with Crippen LogP contribution in [0, 0.1) is 18.6 Å². The predicted molar refractivity (Wildman–Crippen MR) is 132 cm³/mol. The van der Waals surface area contributed by atoms with Crippen molar-refractivity contribution in [3.05, 3.63) is 41.2 Å². The van der Waals surface area contributed by atoms with Crippen molar-refractivity contribution < 1.29 is 37.4 Å². The summed E-state index contributed by atoms with van der Waals surface area (Å²) in [4.78, 5) is 27.3. The minimum Gasteiger partial charge on any atom is -0.474 e. The van der Waals surface area contributed by atoms with E-state index < -0.39 is 17.8 Å². The van der Waals surface area contributed by atoms with Crippen LogP contribution in [0.2, 0.25) is 0 Å². The second-order valence-electron chi connectivity index (χ2n) is 9.54. The van der Waals surface area contributed by atoms with Gasteiger partial charge in [-0.15, -0.1) is 5.06 Å². The molecule has 0 amide bonds. The Morgan fingerprint density at radius 3 is 2.50 bits per heavy atom. The lowest BCUT2D eigenvalue weighted by Gasteiger charge is -2.30. The Morgan fingerprint density at radius 1 is 1.08 bits per heavy atom. The number of morpholine rings is 1. The molecule has 12 heteroatoms. The van der Waals surface area contributed by atoms with Crippen LogP contribution in [0.4, 0.5) is 13.6 Å². The van der Waals surface area contributed by atoms with Gasteiger partial charge in [0.15, 0.2) is 11.6 Å². The van der Waals surface area contributed by atoms with E-state index in [1.165, 1.54) is 17.5 Å². The summed E-state index contributed by atoms with van der Waals surface area (Å²) >= 11 is 0. The number of aromatic nitrogens is 2. The lowest BCUT2D eigenvalue weighted by molar-refractivity contribution is -0.151. The quantitative estimate of drug-likeness (QED) is 0.437. The number of benzene rings is 1. The molecule has 1 aromatic carbocycles. The van der Waals surface area contributed by atoms with Gasteiger partial charge in [-0.05, 0) is 38.8 Å². The molecule has 4 rings (SSSR count). The minimum absolute atomic E-state index is 0.0755. The highest BCUT2D eigenvalue weighted by Gasteiger charge is 2.26. The monoisotopic (exact) mass is 536 g/mol. The van der Waals surface area contributed by atoms with Crippen molar-refractivity contribution in [1.29, 1.82) is 0 Å². The number of nitrogens with zero attached hydrogens (tertiary/aromatic N) is 4. The van der Waals surface area contributed by atoms with E-state index in [-0.39, 0.29) is 35.3 Å². The van der Waals surface area contributed by atoms with E-state index in [2.05, 4.69) is 14.9 Å². The molecular weight excluding hydrogens is 502 g/mol. The summed E-state index contributed by atoms with van der Waals surface area (Å²) in [6.07, 6.45) is 1.63. The Bertz CT molecular complexity index is 1090. The molecule has 0 aliphatic carbocycles. The summed E-state index contributed by atoms with van der Waals surface area (Å²) in [6.45, 7) is 9.60. The largest absolute Gasteiger partial charge is 0.528 e. The smallest absolute Gasteiger partial charge is 0.474 e. The van der Waals surface area contributed by atoms with E-state index in [4.69, 9.17) is 23.8 Å². The van der Waals surface area contributed by atoms with Crippen LogP contribution in [0.25, 0.3) is 0 Å². The Morgan fingerprint density at radius 2 is 1.79 bits per heavy atom. The zero-order chi connectivity index (χ0) is 27.1. The van der Waals surface area contributed by atoms with E-state index in [9.17, 15) is 13.6 Å². The lowest BCUT2D eigenvalue weighted by Crippen LogP contribution is -2.40. The topological polar surface area (TPSA) is 95.5 Å². The molecule has 10 nitrogen and oxygen atoms in total. The van der Waals surface area contributed by atoms with Gasteiger partial charge in [0.05, 0.1) is 24.9 Å². The summed E-state index contributed by atoms with van der Waals surface area (Å²) in [7, 11) is 0. The van der Waals surface area contributed by atoms with E-state index >= 15 is 0 Å². The highest BCUT2D eigenvalue weighted by atomic mass is 19.1. The first-order chi connectivity index (χ1) is 18.3. The molecule has 2 aliphatic heterocycles. The normalized spacial score (nSPS) is 17.4. The summed E-state index contributed by atoms with van der Waals surface area (Å²) in [6, 6.07) is 2.22. The SMILES string of the molecule is Cc1c(Oc2cc(F)c(CCN3CCOCC3)cc2F)ncnc1OC1CCN(OC(=O)OC(C)C)CC1. The average molecular weight is 537 g/mol. The molecule has 1 aromatic heterocycles. The van der Waals surface area contributed by atoms with Gasteiger partial charge in [-0.1, -0.05) is 0 Å². The molecule has 0 spiro atoms. The highest BCUT2D eigenvalue weighted by molar-refractivity contribution is 5.59. The van der Waals surface area contributed by atoms with Crippen molar-refractivity contribution >= 4 is 6.16 Å². The fourth-order valence-corrected chi connectivity index (χ4v) is 4.21. The Balaban J connectivity index is 1.33. The number of carbonyl (C=O) groups excluding carboxylic acids is 1. The molecule has 3 heterocycles. The van der Waals surface area contributed by atoms with Crippen molar-refractivity contribution in [2.24, 2.45) is 0 Å². The number of hydrogen-bond donors (Lipinski definition) is 0. The number of hydroxylamine groups is 2. The molecule has 38 heavy (non-hydrogen) atoms. The van der Waals surface area contributed by atoms with Crippen molar-refractivity contribution in [2.75, 3.05) is 45.9 Å². The standard InChI is InChI=1S/C26H34F2N4O6/c1-17(2)35-26(33)38-32-8-5-20(6-9-32)36-24-18(3)25(30-16-29-24)37-23-15-21(27)19(14-22(23)28)4-7-31-10-12-34-13-11-31/h14-17,20H,4-13H2,1-3H3. The summed E-state index contributed by atoms with van der Waals surface area (Å²) in [5.41, 5.74) is 0.750. The van der Waals surface area contributed by atoms with E-state index in [0.717, 1.165) is 19.2 Å². The van der Waals surface area contributed by atoms with Gasteiger partial charge in [-0.3, -0.25) is 4.90 Å². The highest BCUT2D eigenvalue weighted by Crippen LogP contribution is 2.31. The molecule has 2 aromatic rings. The van der Waals surface area contributed by atoms with Crippen molar-refractivity contribution in [3.63, 3.8) is 0 Å². The Labute approximate surface area is 220 Å². The number of ether oxygens (including phenoxy) is 4. The fourth-order valence-electron chi connectivity index (χ4n) is 4.21. The number of piperidine rings is 1. The first kappa shape index (κ1) is 27.9. The maximum absolute atomic E-state index is 14.8. The van der Waals surface area contributed by atoms with Crippen LogP contribution in [-0.4, -0.2) is 84.2 Å². The zero-order valence-electron chi connectivity index (χ0n) is 22.0. The summed E-state index contributed by atoms with van der Waals surface area (Å²) < 4.78 is 51.6. The molecule has 0 saturated carbocycles. The van der Waals surface area contributed by atoms with Crippen molar-refractivity contribution in [1.82, 2.24) is 19.9 Å². The van der Waals surface area contributed by atoms with E-state index in [0.29, 0.717) is 57.7 Å². The van der Waals surface area contributed by atoms with Gasteiger partial charge in [0.25, 0.3) is 0 Å². The molecule has 0 unspecified atom stereocenters. The molecule has 0 bridgehead atoms. The van der Waals surface area contributed by atoms with Crippen LogP contribution in [0.1, 0.15) is 37.8 Å². The van der Waals surface area contributed by atoms with Gasteiger partial charge in [-0.25, -0.2) is 23.5 Å². The van der Waals surface area contributed by atoms with Gasteiger partial charge in [0.2, 0.25) is 11.8 Å². The van der Waals surface area contributed by atoms with Gasteiger partial charge in [0.1, 0.15) is 18.2 Å². The minimum atomic E-state index is -0.735. The van der Waals surface area contributed by atoms with E-state index in [1.807, 2.05) is 0 Å². The predicted octanol–water partition coefficient (Wildman–Crippen LogP) is 4.05. The molecule has 0 radical (unpaired) electrons. The second-order valence-corrected chi connectivity index (χ2v) is 9.54. The molecule has 2 fully saturated rings. The second kappa shape index (κ2) is 13.1. The maximum Gasteiger partial charge on any atom is 0.528 e. The van der Waals surface area contributed by atoms with Gasteiger partial charge in [-0.2, -0.15) is 0 Å². The lowest BCUT2D eigenvalue weighted by atomic mass is 10.1. The fraction of sp³-hybridized carbons (Fsp3) is 0.577. The average Bonchev–Trinajstić information content (AvgIpc) is 2.88. The molecule has 208 valence electrons.